The molecule has 0 spiro atoms. The number of aryl methyl sites for hydroxylation is 1. The monoisotopic (exact) mass is 477 g/mol. The van der Waals surface area contributed by atoms with Crippen LogP contribution in [0.3, 0.4) is 0 Å². The molecule has 0 saturated heterocycles. The van der Waals surface area contributed by atoms with Crippen LogP contribution in [0.25, 0.3) is 16.7 Å². The fraction of sp³-hybridized carbons (Fsp3) is 0.167. The maximum Gasteiger partial charge on any atom is 0.213 e. The second-order valence-electron chi connectivity index (χ2n) is 7.58. The van der Waals surface area contributed by atoms with Crippen LogP contribution in [0, 0.1) is 5.95 Å². The van der Waals surface area contributed by atoms with E-state index in [0.717, 1.165) is 42.0 Å². The van der Waals surface area contributed by atoms with Crippen molar-refractivity contribution in [2.45, 2.75) is 19.6 Å². The van der Waals surface area contributed by atoms with Gasteiger partial charge in [0, 0.05) is 37.4 Å². The lowest BCUT2D eigenvalue weighted by atomic mass is 10.3. The van der Waals surface area contributed by atoms with Gasteiger partial charge in [0.25, 0.3) is 0 Å². The quantitative estimate of drug-likeness (QED) is 0.240. The Balaban J connectivity index is 1.29. The van der Waals surface area contributed by atoms with Crippen LogP contribution in [0.1, 0.15) is 12.1 Å². The lowest BCUT2D eigenvalue weighted by Gasteiger charge is -2.11. The number of pyridine rings is 1. The molecule has 0 aliphatic rings. The molecule has 172 valence electrons. The summed E-state index contributed by atoms with van der Waals surface area (Å²) in [4.78, 5) is 16.7. The third-order valence-corrected chi connectivity index (χ3v) is 5.56. The molecule has 1 aromatic carbocycles. The van der Waals surface area contributed by atoms with Crippen molar-refractivity contribution in [1.29, 1.82) is 0 Å². The van der Waals surface area contributed by atoms with Gasteiger partial charge in [-0.25, -0.2) is 19.9 Å². The molecule has 4 aromatic heterocycles. The molecular formula is C24H21ClFN7O. The molecule has 0 aliphatic heterocycles. The molecule has 10 heteroatoms. The first-order chi connectivity index (χ1) is 16.7. The molecule has 4 heterocycles. The van der Waals surface area contributed by atoms with Gasteiger partial charge in [-0.15, -0.1) is 0 Å². The molecule has 0 radical (unpaired) electrons. The summed E-state index contributed by atoms with van der Waals surface area (Å²) in [5, 5.41) is 4.74. The van der Waals surface area contributed by atoms with Gasteiger partial charge in [0.2, 0.25) is 5.95 Å². The summed E-state index contributed by atoms with van der Waals surface area (Å²) in [6.07, 6.45) is 9.94. The first kappa shape index (κ1) is 21.8. The van der Waals surface area contributed by atoms with Gasteiger partial charge < -0.3 is 19.2 Å². The first-order valence-corrected chi connectivity index (χ1v) is 11.1. The Hall–Kier alpha value is -3.98. The average molecular weight is 478 g/mol. The van der Waals surface area contributed by atoms with Crippen LogP contribution in [0.15, 0.2) is 73.7 Å². The number of nitrogens with one attached hydrogen (secondary N) is 1. The predicted molar refractivity (Wildman–Crippen MR) is 128 cm³/mol. The molecule has 1 N–H and O–H groups in total. The van der Waals surface area contributed by atoms with Crippen molar-refractivity contribution in [3.8, 4) is 11.4 Å². The van der Waals surface area contributed by atoms with Crippen LogP contribution in [0.5, 0.6) is 5.75 Å². The number of nitrogens with zero attached hydrogens (tertiary/aromatic N) is 6. The molecule has 0 atom stereocenters. The Morgan fingerprint density at radius 1 is 1.09 bits per heavy atom. The standard InChI is InChI=1S/C24H21ClFN7O/c25-20-13-18(5-6-21(20)34-14-17-3-1-4-22(26)31-17)33-11-7-19-23(29-15-30-24(19)33)28-8-2-10-32-12-9-27-16-32/h1,3-7,9,11-13,15-16H,2,8,10,14H2,(H,28,29,30). The van der Waals surface area contributed by atoms with Crippen LogP contribution in [-0.4, -0.2) is 35.6 Å². The van der Waals surface area contributed by atoms with Crippen molar-refractivity contribution >= 4 is 28.5 Å². The summed E-state index contributed by atoms with van der Waals surface area (Å²) in [6.45, 7) is 1.77. The smallest absolute Gasteiger partial charge is 0.213 e. The number of imidazole rings is 1. The number of halogens is 2. The summed E-state index contributed by atoms with van der Waals surface area (Å²) >= 11 is 6.47. The number of fused-ring (bicyclic) bond motifs is 1. The molecule has 0 saturated carbocycles. The number of ether oxygens (including phenoxy) is 1. The summed E-state index contributed by atoms with van der Waals surface area (Å²) in [5.74, 6) is 0.724. The van der Waals surface area contributed by atoms with Gasteiger partial charge in [-0.3, -0.25) is 0 Å². The van der Waals surface area contributed by atoms with Gasteiger partial charge in [0.05, 0.1) is 22.4 Å². The van der Waals surface area contributed by atoms with E-state index >= 15 is 0 Å². The minimum Gasteiger partial charge on any atom is -0.486 e. The van der Waals surface area contributed by atoms with Gasteiger partial charge in [-0.1, -0.05) is 17.7 Å². The molecule has 0 unspecified atom stereocenters. The fourth-order valence-electron chi connectivity index (χ4n) is 3.63. The van der Waals surface area contributed by atoms with E-state index in [9.17, 15) is 4.39 Å². The largest absolute Gasteiger partial charge is 0.486 e. The molecule has 0 fully saturated rings. The molecule has 0 bridgehead atoms. The van der Waals surface area contributed by atoms with Gasteiger partial charge >= 0.3 is 0 Å². The molecule has 34 heavy (non-hydrogen) atoms. The lowest BCUT2D eigenvalue weighted by molar-refractivity contribution is 0.299. The van der Waals surface area contributed by atoms with Crippen LogP contribution in [0.4, 0.5) is 10.2 Å². The SMILES string of the molecule is Fc1cccc(COc2ccc(-n3ccc4c(NCCCn5ccnc5)ncnc43)cc2Cl)n1. The predicted octanol–water partition coefficient (Wildman–Crippen LogP) is 4.89. The Morgan fingerprint density at radius 3 is 2.85 bits per heavy atom. The third-order valence-electron chi connectivity index (χ3n) is 5.27. The summed E-state index contributed by atoms with van der Waals surface area (Å²) in [5.41, 5.74) is 2.08. The van der Waals surface area contributed by atoms with E-state index in [1.54, 1.807) is 36.8 Å². The van der Waals surface area contributed by atoms with Crippen molar-refractivity contribution in [3.63, 3.8) is 0 Å². The maximum absolute atomic E-state index is 13.3. The Kier molecular flexibility index (Phi) is 6.35. The maximum atomic E-state index is 13.3. The Morgan fingerprint density at radius 2 is 2.03 bits per heavy atom. The van der Waals surface area contributed by atoms with Crippen molar-refractivity contribution in [2.24, 2.45) is 0 Å². The van der Waals surface area contributed by atoms with Gasteiger partial charge in [0.1, 0.15) is 30.1 Å². The number of aromatic nitrogens is 6. The number of benzene rings is 1. The second-order valence-corrected chi connectivity index (χ2v) is 7.99. The van der Waals surface area contributed by atoms with E-state index in [4.69, 9.17) is 16.3 Å². The Labute approximate surface area is 200 Å². The van der Waals surface area contributed by atoms with Gasteiger partial charge in [0.15, 0.2) is 0 Å². The number of hydrogen-bond donors (Lipinski definition) is 1. The Bertz CT molecular complexity index is 1400. The minimum absolute atomic E-state index is 0.117. The topological polar surface area (TPSA) is 82.7 Å². The highest BCUT2D eigenvalue weighted by Crippen LogP contribution is 2.30. The summed E-state index contributed by atoms with van der Waals surface area (Å²) < 4.78 is 23.0. The number of hydrogen-bond acceptors (Lipinski definition) is 6. The zero-order chi connectivity index (χ0) is 23.3. The van der Waals surface area contributed by atoms with Gasteiger partial charge in [-0.2, -0.15) is 4.39 Å². The van der Waals surface area contributed by atoms with E-state index in [1.165, 1.54) is 6.07 Å². The van der Waals surface area contributed by atoms with E-state index < -0.39 is 5.95 Å². The number of rotatable bonds is 9. The van der Waals surface area contributed by atoms with Crippen molar-refractivity contribution < 1.29 is 9.13 Å². The zero-order valence-electron chi connectivity index (χ0n) is 18.1. The molecule has 0 amide bonds. The molecule has 5 aromatic rings. The highest BCUT2D eigenvalue weighted by molar-refractivity contribution is 6.32. The summed E-state index contributed by atoms with van der Waals surface area (Å²) in [6, 6.07) is 12.0. The molecule has 5 rings (SSSR count). The molecule has 8 nitrogen and oxygen atoms in total. The van der Waals surface area contributed by atoms with Crippen molar-refractivity contribution in [3.05, 3.63) is 90.4 Å². The van der Waals surface area contributed by atoms with E-state index in [2.05, 4.69) is 25.3 Å². The fourth-order valence-corrected chi connectivity index (χ4v) is 3.86. The first-order valence-electron chi connectivity index (χ1n) is 10.7. The zero-order valence-corrected chi connectivity index (χ0v) is 18.9. The lowest BCUT2D eigenvalue weighted by Crippen LogP contribution is -2.07. The van der Waals surface area contributed by atoms with Crippen LogP contribution in [0.2, 0.25) is 5.02 Å². The van der Waals surface area contributed by atoms with E-state index in [-0.39, 0.29) is 6.61 Å². The highest BCUT2D eigenvalue weighted by Gasteiger charge is 2.12. The molecule has 0 aliphatic carbocycles. The van der Waals surface area contributed by atoms with Crippen molar-refractivity contribution in [1.82, 2.24) is 29.1 Å². The van der Waals surface area contributed by atoms with E-state index in [1.807, 2.05) is 40.0 Å². The van der Waals surface area contributed by atoms with Crippen molar-refractivity contribution in [2.75, 3.05) is 11.9 Å². The van der Waals surface area contributed by atoms with E-state index in [0.29, 0.717) is 16.5 Å². The average Bonchev–Trinajstić information content (AvgIpc) is 3.51. The second kappa shape index (κ2) is 9.88. The van der Waals surface area contributed by atoms with Crippen LogP contribution >= 0.6 is 11.6 Å². The van der Waals surface area contributed by atoms with Gasteiger partial charge in [-0.05, 0) is 42.8 Å². The number of anilines is 1. The highest BCUT2D eigenvalue weighted by atomic mass is 35.5. The van der Waals surface area contributed by atoms with Crippen LogP contribution < -0.4 is 10.1 Å². The normalized spacial score (nSPS) is 11.1. The molecular weight excluding hydrogens is 457 g/mol. The summed E-state index contributed by atoms with van der Waals surface area (Å²) in [7, 11) is 0. The van der Waals surface area contributed by atoms with Crippen LogP contribution in [-0.2, 0) is 13.2 Å². The minimum atomic E-state index is -0.545. The third kappa shape index (κ3) is 4.84.